The van der Waals surface area contributed by atoms with E-state index >= 15 is 0 Å². The Bertz CT molecular complexity index is 443. The number of nitrogens with zero attached hydrogens (tertiary/aromatic N) is 1. The molecule has 0 radical (unpaired) electrons. The molecule has 1 aliphatic rings. The van der Waals surface area contributed by atoms with Crippen molar-refractivity contribution in [3.63, 3.8) is 0 Å². The fourth-order valence-electron chi connectivity index (χ4n) is 2.22. The van der Waals surface area contributed by atoms with Gasteiger partial charge < -0.3 is 15.7 Å². The Kier molecular flexibility index (Phi) is 4.02. The highest BCUT2D eigenvalue weighted by atomic mass is 19.1. The van der Waals surface area contributed by atoms with Gasteiger partial charge in [-0.25, -0.2) is 4.39 Å². The lowest BCUT2D eigenvalue weighted by atomic mass is 9.97. The summed E-state index contributed by atoms with van der Waals surface area (Å²) in [6.45, 7) is 0. The van der Waals surface area contributed by atoms with E-state index < -0.39 is 5.82 Å². The molecule has 0 heterocycles. The molecule has 0 atom stereocenters. The number of rotatable bonds is 3. The Morgan fingerprint density at radius 1 is 1.33 bits per heavy atom. The first kappa shape index (κ1) is 12.7. The van der Waals surface area contributed by atoms with E-state index in [1.54, 1.807) is 0 Å². The van der Waals surface area contributed by atoms with Crippen LogP contribution in [-0.2, 0) is 0 Å². The molecule has 0 saturated heterocycles. The Labute approximate surface area is 105 Å². The molecule has 1 fully saturated rings. The second-order valence-electron chi connectivity index (χ2n) is 4.50. The molecule has 0 bridgehead atoms. The van der Waals surface area contributed by atoms with E-state index in [9.17, 15) is 4.39 Å². The molecule has 1 aliphatic carbocycles. The van der Waals surface area contributed by atoms with Crippen molar-refractivity contribution in [1.29, 1.82) is 0 Å². The molecule has 2 rings (SSSR count). The Morgan fingerprint density at radius 2 is 2.06 bits per heavy atom. The fraction of sp³-hybridized carbons (Fsp3) is 0.462. The molecule has 0 unspecified atom stereocenters. The zero-order chi connectivity index (χ0) is 13.0. The molecular weight excluding hydrogens is 235 g/mol. The molecule has 1 aromatic rings. The summed E-state index contributed by atoms with van der Waals surface area (Å²) in [5, 5.41) is 11.6. The minimum atomic E-state index is -0.437. The Hall–Kier alpha value is -1.78. The van der Waals surface area contributed by atoms with Crippen molar-refractivity contribution in [2.24, 2.45) is 10.9 Å². The maximum Gasteiger partial charge on any atom is 0.173 e. The molecule has 1 saturated carbocycles. The lowest BCUT2D eigenvalue weighted by Gasteiger charge is -2.24. The van der Waals surface area contributed by atoms with Crippen molar-refractivity contribution in [3.8, 4) is 5.75 Å². The van der Waals surface area contributed by atoms with Crippen molar-refractivity contribution < 1.29 is 14.3 Å². The summed E-state index contributed by atoms with van der Waals surface area (Å²) in [5.41, 5.74) is 5.82. The van der Waals surface area contributed by atoms with Gasteiger partial charge in [0, 0.05) is 0 Å². The van der Waals surface area contributed by atoms with E-state index in [0.717, 1.165) is 25.7 Å². The summed E-state index contributed by atoms with van der Waals surface area (Å²) < 4.78 is 19.0. The van der Waals surface area contributed by atoms with Gasteiger partial charge in [-0.15, -0.1) is 0 Å². The first-order chi connectivity index (χ1) is 8.70. The zero-order valence-corrected chi connectivity index (χ0v) is 10.1. The average Bonchev–Trinajstić information content (AvgIpc) is 2.41. The summed E-state index contributed by atoms with van der Waals surface area (Å²) in [6, 6.07) is 4.05. The number of benzene rings is 1. The monoisotopic (exact) mass is 252 g/mol. The smallest absolute Gasteiger partial charge is 0.173 e. The number of amidine groups is 1. The first-order valence-corrected chi connectivity index (χ1v) is 6.15. The molecule has 0 aromatic heterocycles. The van der Waals surface area contributed by atoms with E-state index in [1.807, 2.05) is 0 Å². The molecule has 1 aromatic carbocycles. The van der Waals surface area contributed by atoms with Gasteiger partial charge in [0.1, 0.15) is 11.6 Å². The molecule has 18 heavy (non-hydrogen) atoms. The first-order valence-electron chi connectivity index (χ1n) is 6.15. The highest BCUT2D eigenvalue weighted by Gasteiger charge is 2.18. The van der Waals surface area contributed by atoms with Crippen LogP contribution in [0.5, 0.6) is 5.75 Å². The highest BCUT2D eigenvalue weighted by Crippen LogP contribution is 2.26. The van der Waals surface area contributed by atoms with Crippen LogP contribution in [0.1, 0.15) is 37.7 Å². The van der Waals surface area contributed by atoms with Gasteiger partial charge in [0.15, 0.2) is 5.84 Å². The number of hydrogen-bond acceptors (Lipinski definition) is 3. The number of nitrogens with two attached hydrogens (primary N) is 1. The second kappa shape index (κ2) is 5.71. The summed E-state index contributed by atoms with van der Waals surface area (Å²) in [6.07, 6.45) is 5.64. The van der Waals surface area contributed by atoms with E-state index in [-0.39, 0.29) is 11.9 Å². The number of ether oxygens (including phenoxy) is 1. The van der Waals surface area contributed by atoms with Gasteiger partial charge in [-0.2, -0.15) is 0 Å². The van der Waals surface area contributed by atoms with Gasteiger partial charge in [-0.3, -0.25) is 0 Å². The van der Waals surface area contributed by atoms with Crippen LogP contribution in [0, 0.1) is 5.82 Å². The van der Waals surface area contributed by atoms with E-state index in [1.165, 1.54) is 24.6 Å². The van der Waals surface area contributed by atoms with Crippen LogP contribution in [0.25, 0.3) is 0 Å². The van der Waals surface area contributed by atoms with E-state index in [4.69, 9.17) is 15.7 Å². The minimum Gasteiger partial charge on any atom is -0.490 e. The third-order valence-electron chi connectivity index (χ3n) is 3.17. The standard InChI is InChI=1S/C13H17FN2O2/c14-9-6-7-12(11(8-9)13(15)16-17)18-10-4-2-1-3-5-10/h6-8,10,17H,1-5H2,(H2,15,16). The molecule has 4 nitrogen and oxygen atoms in total. The van der Waals surface area contributed by atoms with Crippen LogP contribution in [0.3, 0.4) is 0 Å². The number of oxime groups is 1. The predicted octanol–water partition coefficient (Wildman–Crippen LogP) is 2.63. The topological polar surface area (TPSA) is 67.8 Å². The lowest BCUT2D eigenvalue weighted by molar-refractivity contribution is 0.154. The number of halogens is 1. The van der Waals surface area contributed by atoms with E-state index in [0.29, 0.717) is 11.3 Å². The highest BCUT2D eigenvalue weighted by molar-refractivity contribution is 5.99. The van der Waals surface area contributed by atoms with Crippen LogP contribution < -0.4 is 10.5 Å². The van der Waals surface area contributed by atoms with Gasteiger partial charge in [-0.05, 0) is 43.9 Å². The predicted molar refractivity (Wildman–Crippen MR) is 66.4 cm³/mol. The zero-order valence-electron chi connectivity index (χ0n) is 10.1. The Balaban J connectivity index is 2.20. The van der Waals surface area contributed by atoms with Gasteiger partial charge >= 0.3 is 0 Å². The third kappa shape index (κ3) is 2.91. The van der Waals surface area contributed by atoms with Gasteiger partial charge in [0.2, 0.25) is 0 Å². The maximum atomic E-state index is 13.2. The van der Waals surface area contributed by atoms with Crippen LogP contribution in [0.2, 0.25) is 0 Å². The van der Waals surface area contributed by atoms with Crippen LogP contribution >= 0.6 is 0 Å². The van der Waals surface area contributed by atoms with Crippen LogP contribution in [0.4, 0.5) is 4.39 Å². The summed E-state index contributed by atoms with van der Waals surface area (Å²) in [4.78, 5) is 0. The SMILES string of the molecule is NC(=NO)c1cc(F)ccc1OC1CCCCC1. The van der Waals surface area contributed by atoms with Crippen LogP contribution in [-0.4, -0.2) is 17.1 Å². The molecule has 0 spiro atoms. The lowest BCUT2D eigenvalue weighted by Crippen LogP contribution is -2.22. The normalized spacial score (nSPS) is 17.7. The van der Waals surface area contributed by atoms with Gasteiger partial charge in [0.05, 0.1) is 11.7 Å². The van der Waals surface area contributed by atoms with Crippen LogP contribution in [0.15, 0.2) is 23.4 Å². The van der Waals surface area contributed by atoms with Gasteiger partial charge in [0.25, 0.3) is 0 Å². The van der Waals surface area contributed by atoms with Gasteiger partial charge in [-0.1, -0.05) is 11.6 Å². The molecule has 0 amide bonds. The van der Waals surface area contributed by atoms with Crippen molar-refractivity contribution >= 4 is 5.84 Å². The van der Waals surface area contributed by atoms with Crippen molar-refractivity contribution in [2.45, 2.75) is 38.2 Å². The fourth-order valence-corrected chi connectivity index (χ4v) is 2.22. The van der Waals surface area contributed by atoms with E-state index in [2.05, 4.69) is 5.16 Å². The molecule has 98 valence electrons. The maximum absolute atomic E-state index is 13.2. The summed E-state index contributed by atoms with van der Waals surface area (Å²) in [7, 11) is 0. The third-order valence-corrected chi connectivity index (χ3v) is 3.17. The van der Waals surface area contributed by atoms with Crippen molar-refractivity contribution in [1.82, 2.24) is 0 Å². The Morgan fingerprint density at radius 3 is 2.72 bits per heavy atom. The molecular formula is C13H17FN2O2. The summed E-state index contributed by atoms with van der Waals surface area (Å²) >= 11 is 0. The number of hydrogen-bond donors (Lipinski definition) is 2. The molecule has 3 N–H and O–H groups in total. The minimum absolute atomic E-state index is 0.134. The largest absolute Gasteiger partial charge is 0.490 e. The molecule has 5 heteroatoms. The quantitative estimate of drug-likeness (QED) is 0.376. The molecule has 0 aliphatic heterocycles. The average molecular weight is 252 g/mol. The van der Waals surface area contributed by atoms with Crippen molar-refractivity contribution in [2.75, 3.05) is 0 Å². The van der Waals surface area contributed by atoms with Crippen molar-refractivity contribution in [3.05, 3.63) is 29.6 Å². The summed E-state index contributed by atoms with van der Waals surface area (Å²) in [5.74, 6) is -0.105. The second-order valence-corrected chi connectivity index (χ2v) is 4.50.